The number of phenolic OH excluding ortho intramolecular Hbond substituents is 1. The molecule has 196 valence electrons. The molecule has 0 fully saturated rings. The maximum Gasteiger partial charge on any atom is 0.344 e. The molecule has 0 bridgehead atoms. The molecule has 2 aromatic carbocycles. The van der Waals surface area contributed by atoms with Gasteiger partial charge in [0.1, 0.15) is 22.1 Å². The minimum Gasteiger partial charge on any atom is -0.507 e. The maximum absolute atomic E-state index is 12.9. The number of aliphatic hydroxyl groups excluding tert-OH is 1. The lowest BCUT2D eigenvalue weighted by atomic mass is 9.78. The summed E-state index contributed by atoms with van der Waals surface area (Å²) in [4.78, 5) is 30.1. The van der Waals surface area contributed by atoms with E-state index < -0.39 is 11.9 Å². The Hall–Kier alpha value is -3.03. The van der Waals surface area contributed by atoms with Crippen molar-refractivity contribution in [3.05, 3.63) is 79.9 Å². The van der Waals surface area contributed by atoms with Gasteiger partial charge < -0.3 is 14.9 Å². The number of aliphatic imine (C=N–C) groups is 1. The van der Waals surface area contributed by atoms with Crippen molar-refractivity contribution in [2.45, 2.75) is 59.3 Å². The molecular weight excluding hydrogens is 510 g/mol. The largest absolute Gasteiger partial charge is 0.507 e. The zero-order chi connectivity index (χ0) is 27.7. The highest BCUT2D eigenvalue weighted by Crippen LogP contribution is 2.43. The summed E-state index contributed by atoms with van der Waals surface area (Å²) in [5.74, 6) is -1.51. The van der Waals surface area contributed by atoms with E-state index in [9.17, 15) is 19.8 Å². The first-order chi connectivity index (χ1) is 17.1. The number of hydrogen-bond acceptors (Lipinski definition) is 6. The van der Waals surface area contributed by atoms with Gasteiger partial charge in [-0.25, -0.2) is 9.79 Å². The molecule has 1 aliphatic rings. The minimum atomic E-state index is -0.780. The number of aromatic hydroxyl groups is 1. The zero-order valence-electron chi connectivity index (χ0n) is 22.1. The van der Waals surface area contributed by atoms with Crippen molar-refractivity contribution >= 4 is 46.4 Å². The fourth-order valence-corrected chi connectivity index (χ4v) is 5.04. The lowest BCUT2D eigenvalue weighted by molar-refractivity contribution is -0.138. The monoisotopic (exact) mass is 541 g/mol. The highest BCUT2D eigenvalue weighted by Gasteiger charge is 2.34. The van der Waals surface area contributed by atoms with Gasteiger partial charge in [-0.15, -0.1) is 0 Å². The lowest BCUT2D eigenvalue weighted by Gasteiger charge is -2.28. The maximum atomic E-state index is 12.9. The van der Waals surface area contributed by atoms with E-state index in [1.807, 2.05) is 53.7 Å². The molecule has 0 spiro atoms. The molecule has 1 amide bonds. The fraction of sp³-hybridized carbons (Fsp3) is 0.345. The number of halogens is 1. The topological polar surface area (TPSA) is 96.2 Å². The molecule has 0 unspecified atom stereocenters. The standard InChI is InChI=1S/C29H32ClNO5S/c1-8-36-27(35)22-24(33)21(37-26(22)31-25(34)17-11-9-10-12-20(17)30)15-16-13-18(28(2,3)4)23(32)19(14-16)29(5,6)7/h9-15,32-33H,8H2,1-7H3/b21-15-,31-26?. The Labute approximate surface area is 227 Å². The van der Waals surface area contributed by atoms with E-state index in [2.05, 4.69) is 4.99 Å². The molecule has 37 heavy (non-hydrogen) atoms. The van der Waals surface area contributed by atoms with Crippen LogP contribution in [0.2, 0.25) is 5.02 Å². The number of aliphatic hydroxyl groups is 1. The number of carbonyl (C=O) groups is 2. The molecule has 0 atom stereocenters. The number of nitrogens with zero attached hydrogens (tertiary/aromatic N) is 1. The number of thioether (sulfide) groups is 1. The molecule has 2 N–H and O–H groups in total. The second-order valence-electron chi connectivity index (χ2n) is 10.7. The van der Waals surface area contributed by atoms with Crippen LogP contribution in [0, 0.1) is 0 Å². The predicted molar refractivity (Wildman–Crippen MR) is 151 cm³/mol. The molecule has 6 nitrogen and oxygen atoms in total. The van der Waals surface area contributed by atoms with Crippen molar-refractivity contribution in [3.63, 3.8) is 0 Å². The number of rotatable bonds is 4. The Kier molecular flexibility index (Phi) is 8.30. The van der Waals surface area contributed by atoms with E-state index >= 15 is 0 Å². The summed E-state index contributed by atoms with van der Waals surface area (Å²) >= 11 is 7.15. The SMILES string of the molecule is CCOC(=O)C1=C(O)/C(=C/c2cc(C(C)(C)C)c(O)c(C(C)(C)C)c2)SC1=NC(=O)c1ccccc1Cl. The van der Waals surface area contributed by atoms with Gasteiger partial charge in [0.15, 0.2) is 0 Å². The quantitative estimate of drug-likeness (QED) is 0.393. The number of carbonyl (C=O) groups excluding carboxylic acids is 2. The van der Waals surface area contributed by atoms with E-state index in [0.29, 0.717) is 4.91 Å². The summed E-state index contributed by atoms with van der Waals surface area (Å²) in [6, 6.07) is 10.2. The van der Waals surface area contributed by atoms with Crippen molar-refractivity contribution in [3.8, 4) is 5.75 Å². The molecule has 1 aliphatic heterocycles. The third kappa shape index (κ3) is 6.28. The van der Waals surface area contributed by atoms with Gasteiger partial charge in [-0.05, 0) is 53.7 Å². The summed E-state index contributed by atoms with van der Waals surface area (Å²) in [5.41, 5.74) is 1.55. The first-order valence-corrected chi connectivity index (χ1v) is 13.1. The Morgan fingerprint density at radius 3 is 2.11 bits per heavy atom. The van der Waals surface area contributed by atoms with Crippen LogP contribution in [0.5, 0.6) is 5.75 Å². The molecule has 0 radical (unpaired) electrons. The number of hydrogen-bond donors (Lipinski definition) is 2. The van der Waals surface area contributed by atoms with E-state index in [-0.39, 0.29) is 50.1 Å². The van der Waals surface area contributed by atoms with Crippen LogP contribution in [-0.4, -0.2) is 33.7 Å². The van der Waals surface area contributed by atoms with Gasteiger partial charge in [0.25, 0.3) is 5.91 Å². The van der Waals surface area contributed by atoms with E-state index in [1.54, 1.807) is 31.2 Å². The van der Waals surface area contributed by atoms with E-state index in [1.165, 1.54) is 6.07 Å². The Morgan fingerprint density at radius 1 is 1.03 bits per heavy atom. The summed E-state index contributed by atoms with van der Waals surface area (Å²) in [6.07, 6.45) is 1.71. The summed E-state index contributed by atoms with van der Waals surface area (Å²) in [6.45, 7) is 13.8. The van der Waals surface area contributed by atoms with Gasteiger partial charge in [-0.3, -0.25) is 4.79 Å². The third-order valence-corrected chi connectivity index (χ3v) is 7.07. The first kappa shape index (κ1) is 28.5. The molecule has 0 saturated carbocycles. The average molecular weight is 542 g/mol. The summed E-state index contributed by atoms with van der Waals surface area (Å²) in [7, 11) is 0. The van der Waals surface area contributed by atoms with Crippen molar-refractivity contribution in [1.82, 2.24) is 0 Å². The highest BCUT2D eigenvalue weighted by molar-refractivity contribution is 8.18. The van der Waals surface area contributed by atoms with Crippen LogP contribution in [0.25, 0.3) is 6.08 Å². The third-order valence-electron chi connectivity index (χ3n) is 5.72. The molecule has 2 aromatic rings. The van der Waals surface area contributed by atoms with Crippen molar-refractivity contribution < 1.29 is 24.5 Å². The van der Waals surface area contributed by atoms with Gasteiger partial charge in [-0.1, -0.05) is 77.0 Å². The second kappa shape index (κ2) is 10.8. The summed E-state index contributed by atoms with van der Waals surface area (Å²) < 4.78 is 5.13. The lowest BCUT2D eigenvalue weighted by Crippen LogP contribution is -2.17. The van der Waals surface area contributed by atoms with Crippen LogP contribution in [0.4, 0.5) is 0 Å². The van der Waals surface area contributed by atoms with Crippen molar-refractivity contribution in [1.29, 1.82) is 0 Å². The molecule has 0 aliphatic carbocycles. The number of ether oxygens (including phenoxy) is 1. The normalized spacial score (nSPS) is 16.5. The van der Waals surface area contributed by atoms with Crippen molar-refractivity contribution in [2.75, 3.05) is 6.61 Å². The Morgan fingerprint density at radius 2 is 1.59 bits per heavy atom. The van der Waals surface area contributed by atoms with Crippen LogP contribution in [0.15, 0.2) is 57.6 Å². The van der Waals surface area contributed by atoms with Gasteiger partial charge in [0.2, 0.25) is 0 Å². The second-order valence-corrected chi connectivity index (χ2v) is 12.2. The van der Waals surface area contributed by atoms with Crippen LogP contribution in [0.1, 0.15) is 75.5 Å². The fourth-order valence-electron chi connectivity index (χ4n) is 3.81. The minimum absolute atomic E-state index is 0.0259. The number of phenols is 1. The zero-order valence-corrected chi connectivity index (χ0v) is 23.7. The van der Waals surface area contributed by atoms with Crippen LogP contribution in [-0.2, 0) is 20.4 Å². The molecule has 0 aromatic heterocycles. The highest BCUT2D eigenvalue weighted by atomic mass is 35.5. The molecular formula is C29H32ClNO5S. The molecule has 0 saturated heterocycles. The van der Waals surface area contributed by atoms with Crippen LogP contribution in [0.3, 0.4) is 0 Å². The van der Waals surface area contributed by atoms with Gasteiger partial charge in [0, 0.05) is 11.1 Å². The molecule has 8 heteroatoms. The summed E-state index contributed by atoms with van der Waals surface area (Å²) in [5, 5.41) is 22.3. The number of benzene rings is 2. The van der Waals surface area contributed by atoms with E-state index in [0.717, 1.165) is 28.5 Å². The Balaban J connectivity index is 2.17. The smallest absolute Gasteiger partial charge is 0.344 e. The Bertz CT molecular complexity index is 1310. The number of amides is 1. The first-order valence-electron chi connectivity index (χ1n) is 11.9. The van der Waals surface area contributed by atoms with E-state index in [4.69, 9.17) is 16.3 Å². The van der Waals surface area contributed by atoms with Gasteiger partial charge in [-0.2, -0.15) is 0 Å². The predicted octanol–water partition coefficient (Wildman–Crippen LogP) is 7.34. The average Bonchev–Trinajstić information content (AvgIpc) is 3.08. The number of esters is 1. The van der Waals surface area contributed by atoms with Crippen LogP contribution >= 0.6 is 23.4 Å². The van der Waals surface area contributed by atoms with Crippen molar-refractivity contribution in [2.24, 2.45) is 4.99 Å². The van der Waals surface area contributed by atoms with Gasteiger partial charge in [0.05, 0.1) is 22.1 Å². The molecule has 1 heterocycles. The van der Waals surface area contributed by atoms with Gasteiger partial charge >= 0.3 is 5.97 Å². The molecule has 3 rings (SSSR count). The van der Waals surface area contributed by atoms with Crippen LogP contribution < -0.4 is 0 Å².